The molecule has 0 aliphatic heterocycles. The first kappa shape index (κ1) is 9.04. The lowest BCUT2D eigenvalue weighted by molar-refractivity contribution is 0.476. The Balaban J connectivity index is 2.55. The van der Waals surface area contributed by atoms with E-state index in [1.165, 1.54) is 0 Å². The van der Waals surface area contributed by atoms with Gasteiger partial charge in [0, 0.05) is 5.69 Å². The van der Waals surface area contributed by atoms with Crippen LogP contribution in [0.2, 0.25) is 0 Å². The predicted octanol–water partition coefficient (Wildman–Crippen LogP) is 3.28. The van der Waals surface area contributed by atoms with Gasteiger partial charge >= 0.3 is 0 Å². The molecule has 0 spiro atoms. The number of nitrogen functional groups attached to an aromatic ring is 1. The molecule has 0 aliphatic carbocycles. The average Bonchev–Trinajstić information content (AvgIpc) is 2.29. The summed E-state index contributed by atoms with van der Waals surface area (Å²) in [4.78, 5) is 0. The molecule has 0 saturated carbocycles. The van der Waals surface area contributed by atoms with E-state index in [1.54, 1.807) is 12.1 Å². The lowest BCUT2D eigenvalue weighted by atomic mass is 10.0. The van der Waals surface area contributed by atoms with Crippen molar-refractivity contribution in [3.8, 4) is 5.75 Å². The molecule has 0 atom stereocenters. The molecule has 0 aliphatic rings. The Kier molecular flexibility index (Phi) is 1.77. The minimum atomic E-state index is 0.280. The maximum atomic E-state index is 9.53. The van der Waals surface area contributed by atoms with Gasteiger partial charge in [0.15, 0.2) is 0 Å². The zero-order chi connectivity index (χ0) is 11.1. The SMILES string of the molecule is Nc1ccc2ccc3ccc(O)cc3c2c1. The van der Waals surface area contributed by atoms with Crippen molar-refractivity contribution in [2.24, 2.45) is 0 Å². The van der Waals surface area contributed by atoms with E-state index in [0.717, 1.165) is 27.2 Å². The highest BCUT2D eigenvalue weighted by molar-refractivity contribution is 6.08. The highest BCUT2D eigenvalue weighted by Gasteiger charge is 2.01. The van der Waals surface area contributed by atoms with E-state index < -0.39 is 0 Å². The van der Waals surface area contributed by atoms with Crippen LogP contribution in [-0.4, -0.2) is 5.11 Å². The van der Waals surface area contributed by atoms with Crippen LogP contribution in [-0.2, 0) is 0 Å². The van der Waals surface area contributed by atoms with Crippen LogP contribution in [0.25, 0.3) is 21.5 Å². The number of aromatic hydroxyl groups is 1. The summed E-state index contributed by atoms with van der Waals surface area (Å²) >= 11 is 0. The van der Waals surface area contributed by atoms with Gasteiger partial charge in [-0.25, -0.2) is 0 Å². The summed E-state index contributed by atoms with van der Waals surface area (Å²) in [5.41, 5.74) is 6.53. The van der Waals surface area contributed by atoms with Gasteiger partial charge in [-0.2, -0.15) is 0 Å². The van der Waals surface area contributed by atoms with E-state index in [2.05, 4.69) is 6.07 Å². The van der Waals surface area contributed by atoms with E-state index in [1.807, 2.05) is 30.3 Å². The van der Waals surface area contributed by atoms with Gasteiger partial charge in [-0.3, -0.25) is 0 Å². The monoisotopic (exact) mass is 209 g/mol. The van der Waals surface area contributed by atoms with Crippen molar-refractivity contribution in [3.63, 3.8) is 0 Å². The Hall–Kier alpha value is -2.22. The molecule has 0 radical (unpaired) electrons. The molecule has 3 aromatic rings. The number of rotatable bonds is 0. The fourth-order valence-electron chi connectivity index (χ4n) is 2.05. The van der Waals surface area contributed by atoms with Gasteiger partial charge in [0.25, 0.3) is 0 Å². The standard InChI is InChI=1S/C14H11NO/c15-11-5-3-9-1-2-10-4-6-12(16)8-14(10)13(9)7-11/h1-8,16H,15H2. The zero-order valence-electron chi connectivity index (χ0n) is 8.64. The van der Waals surface area contributed by atoms with Crippen LogP contribution in [0.1, 0.15) is 0 Å². The van der Waals surface area contributed by atoms with Crippen LogP contribution in [0.15, 0.2) is 48.5 Å². The van der Waals surface area contributed by atoms with Gasteiger partial charge in [0.05, 0.1) is 0 Å². The highest BCUT2D eigenvalue weighted by Crippen LogP contribution is 2.29. The average molecular weight is 209 g/mol. The summed E-state index contributed by atoms with van der Waals surface area (Å²) in [6, 6.07) is 15.3. The Morgan fingerprint density at radius 1 is 0.750 bits per heavy atom. The molecule has 3 rings (SSSR count). The summed E-state index contributed by atoms with van der Waals surface area (Å²) in [5, 5.41) is 13.9. The maximum absolute atomic E-state index is 9.53. The molecule has 0 saturated heterocycles. The zero-order valence-corrected chi connectivity index (χ0v) is 8.64. The van der Waals surface area contributed by atoms with Gasteiger partial charge in [-0.1, -0.05) is 24.3 Å². The minimum Gasteiger partial charge on any atom is -0.508 e. The first-order valence-corrected chi connectivity index (χ1v) is 5.15. The molecule has 0 heterocycles. The Morgan fingerprint density at radius 3 is 2.06 bits per heavy atom. The second kappa shape index (κ2) is 3.14. The molecule has 2 nitrogen and oxygen atoms in total. The third-order valence-corrected chi connectivity index (χ3v) is 2.85. The number of phenolic OH excluding ortho intramolecular Hbond substituents is 1. The van der Waals surface area contributed by atoms with Crippen LogP contribution in [0.5, 0.6) is 5.75 Å². The molecular weight excluding hydrogens is 198 g/mol. The molecule has 16 heavy (non-hydrogen) atoms. The third kappa shape index (κ3) is 1.27. The molecule has 78 valence electrons. The van der Waals surface area contributed by atoms with E-state index in [-0.39, 0.29) is 5.75 Å². The lowest BCUT2D eigenvalue weighted by Gasteiger charge is -2.05. The minimum absolute atomic E-state index is 0.280. The normalized spacial score (nSPS) is 11.0. The summed E-state index contributed by atoms with van der Waals surface area (Å²) in [6.07, 6.45) is 0. The summed E-state index contributed by atoms with van der Waals surface area (Å²) in [7, 11) is 0. The topological polar surface area (TPSA) is 46.2 Å². The Labute approximate surface area is 92.9 Å². The number of benzene rings is 3. The first-order valence-electron chi connectivity index (χ1n) is 5.15. The molecule has 0 unspecified atom stereocenters. The summed E-state index contributed by atoms with van der Waals surface area (Å²) in [6.45, 7) is 0. The molecule has 2 heteroatoms. The Bertz CT molecular complexity index is 628. The predicted molar refractivity (Wildman–Crippen MR) is 67.5 cm³/mol. The number of fused-ring (bicyclic) bond motifs is 3. The fourth-order valence-corrected chi connectivity index (χ4v) is 2.05. The molecular formula is C14H11NO. The first-order chi connectivity index (χ1) is 7.74. The number of hydrogen-bond acceptors (Lipinski definition) is 2. The van der Waals surface area contributed by atoms with Crippen molar-refractivity contribution >= 4 is 27.2 Å². The second-order valence-electron chi connectivity index (χ2n) is 3.95. The molecule has 3 aromatic carbocycles. The largest absolute Gasteiger partial charge is 0.508 e. The van der Waals surface area contributed by atoms with E-state index in [4.69, 9.17) is 5.73 Å². The van der Waals surface area contributed by atoms with Gasteiger partial charge in [0.2, 0.25) is 0 Å². The van der Waals surface area contributed by atoms with Crippen LogP contribution >= 0.6 is 0 Å². The van der Waals surface area contributed by atoms with E-state index in [9.17, 15) is 5.11 Å². The third-order valence-electron chi connectivity index (χ3n) is 2.85. The number of nitrogens with two attached hydrogens (primary N) is 1. The second-order valence-corrected chi connectivity index (χ2v) is 3.95. The number of phenols is 1. The van der Waals surface area contributed by atoms with Crippen molar-refractivity contribution in [3.05, 3.63) is 48.5 Å². The van der Waals surface area contributed by atoms with E-state index >= 15 is 0 Å². The van der Waals surface area contributed by atoms with Crippen molar-refractivity contribution in [1.82, 2.24) is 0 Å². The van der Waals surface area contributed by atoms with Gasteiger partial charge < -0.3 is 10.8 Å². The van der Waals surface area contributed by atoms with Crippen LogP contribution in [0, 0.1) is 0 Å². The molecule has 0 aromatic heterocycles. The van der Waals surface area contributed by atoms with Gasteiger partial charge in [-0.15, -0.1) is 0 Å². The lowest BCUT2D eigenvalue weighted by Crippen LogP contribution is -1.84. The highest BCUT2D eigenvalue weighted by atomic mass is 16.3. The van der Waals surface area contributed by atoms with E-state index in [0.29, 0.717) is 0 Å². The number of hydrogen-bond donors (Lipinski definition) is 2. The van der Waals surface area contributed by atoms with Gasteiger partial charge in [0.1, 0.15) is 5.75 Å². The summed E-state index contributed by atoms with van der Waals surface area (Å²) in [5.74, 6) is 0.280. The maximum Gasteiger partial charge on any atom is 0.116 e. The van der Waals surface area contributed by atoms with Crippen molar-refractivity contribution < 1.29 is 5.11 Å². The van der Waals surface area contributed by atoms with Crippen LogP contribution in [0.4, 0.5) is 5.69 Å². The fraction of sp³-hybridized carbons (Fsp3) is 0. The molecule has 0 amide bonds. The molecule has 0 fully saturated rings. The van der Waals surface area contributed by atoms with Crippen LogP contribution in [0.3, 0.4) is 0 Å². The molecule has 0 bridgehead atoms. The Morgan fingerprint density at radius 2 is 1.31 bits per heavy atom. The van der Waals surface area contributed by atoms with Crippen molar-refractivity contribution in [1.29, 1.82) is 0 Å². The quantitative estimate of drug-likeness (QED) is 0.441. The van der Waals surface area contributed by atoms with Crippen molar-refractivity contribution in [2.45, 2.75) is 0 Å². The summed E-state index contributed by atoms with van der Waals surface area (Å²) < 4.78 is 0. The molecule has 3 N–H and O–H groups in total. The van der Waals surface area contributed by atoms with Crippen LogP contribution < -0.4 is 5.73 Å². The van der Waals surface area contributed by atoms with Gasteiger partial charge in [-0.05, 0) is 45.8 Å². The smallest absolute Gasteiger partial charge is 0.116 e. The number of anilines is 1. The van der Waals surface area contributed by atoms with Crippen molar-refractivity contribution in [2.75, 3.05) is 5.73 Å².